The fourth-order valence-corrected chi connectivity index (χ4v) is 1.85. The molecule has 0 aliphatic rings. The van der Waals surface area contributed by atoms with Gasteiger partial charge < -0.3 is 11.1 Å². The Labute approximate surface area is 104 Å². The van der Waals surface area contributed by atoms with Crippen LogP contribution in [0.2, 0.25) is 0 Å². The van der Waals surface area contributed by atoms with Gasteiger partial charge in [0.25, 0.3) is 0 Å². The number of aromatic nitrogens is 4. The Balaban J connectivity index is 2.03. The van der Waals surface area contributed by atoms with Crippen LogP contribution in [0.1, 0.15) is 25.1 Å². The minimum atomic E-state index is -0.260. The molecule has 2 heterocycles. The molecule has 7 nitrogen and oxygen atoms in total. The number of fused-ring (bicyclic) bond motifs is 1. The number of anilines is 1. The normalized spacial score (nSPS) is 11.0. The predicted octanol–water partition coefficient (Wildman–Crippen LogP) is 0.267. The zero-order chi connectivity index (χ0) is 13.0. The van der Waals surface area contributed by atoms with E-state index in [0.717, 1.165) is 38.2 Å². The molecule has 0 amide bonds. The van der Waals surface area contributed by atoms with E-state index in [1.54, 1.807) is 13.0 Å². The lowest BCUT2D eigenvalue weighted by Crippen LogP contribution is -2.14. The number of aromatic amines is 1. The van der Waals surface area contributed by atoms with Gasteiger partial charge >= 0.3 is 5.69 Å². The van der Waals surface area contributed by atoms with Crippen molar-refractivity contribution < 1.29 is 0 Å². The molecule has 0 atom stereocenters. The van der Waals surface area contributed by atoms with Gasteiger partial charge in [-0.05, 0) is 26.3 Å². The molecule has 0 aliphatic carbocycles. The smallest absolute Gasteiger partial charge is 0.349 e. The molecule has 98 valence electrons. The molecule has 2 rings (SSSR count). The largest absolute Gasteiger partial charge is 0.370 e. The molecule has 0 bridgehead atoms. The second kappa shape index (κ2) is 5.63. The molecule has 0 saturated heterocycles. The van der Waals surface area contributed by atoms with Crippen LogP contribution in [0.4, 0.5) is 5.82 Å². The molecule has 2 aromatic heterocycles. The quantitative estimate of drug-likeness (QED) is 0.639. The van der Waals surface area contributed by atoms with E-state index >= 15 is 0 Å². The van der Waals surface area contributed by atoms with Crippen molar-refractivity contribution in [3.05, 3.63) is 22.4 Å². The lowest BCUT2D eigenvalue weighted by Gasteiger charge is -2.06. The van der Waals surface area contributed by atoms with Crippen LogP contribution in [0, 0.1) is 6.92 Å². The summed E-state index contributed by atoms with van der Waals surface area (Å²) < 4.78 is 1.44. The average Bonchev–Trinajstić information content (AvgIpc) is 2.71. The van der Waals surface area contributed by atoms with E-state index in [-0.39, 0.29) is 5.69 Å². The lowest BCUT2D eigenvalue weighted by atomic mass is 10.2. The Morgan fingerprint density at radius 3 is 3.06 bits per heavy atom. The molecule has 0 fully saturated rings. The zero-order valence-corrected chi connectivity index (χ0v) is 10.4. The molecule has 0 radical (unpaired) electrons. The summed E-state index contributed by atoms with van der Waals surface area (Å²) >= 11 is 0. The van der Waals surface area contributed by atoms with E-state index in [2.05, 4.69) is 20.5 Å². The summed E-state index contributed by atoms with van der Waals surface area (Å²) in [5.74, 6) is 1.36. The van der Waals surface area contributed by atoms with Crippen LogP contribution in [0.3, 0.4) is 0 Å². The van der Waals surface area contributed by atoms with Crippen molar-refractivity contribution in [3.63, 3.8) is 0 Å². The molecule has 7 heteroatoms. The summed E-state index contributed by atoms with van der Waals surface area (Å²) in [7, 11) is 0. The number of hydrogen-bond donors (Lipinski definition) is 3. The molecule has 0 aromatic carbocycles. The number of aryl methyl sites for hydroxylation is 1. The Bertz CT molecular complexity index is 572. The Morgan fingerprint density at radius 1 is 1.44 bits per heavy atom. The highest BCUT2D eigenvalue weighted by Crippen LogP contribution is 2.08. The zero-order valence-electron chi connectivity index (χ0n) is 10.4. The van der Waals surface area contributed by atoms with Gasteiger partial charge in [-0.25, -0.2) is 19.3 Å². The van der Waals surface area contributed by atoms with Crippen LogP contribution in [0.25, 0.3) is 5.65 Å². The van der Waals surface area contributed by atoms with Gasteiger partial charge in [-0.1, -0.05) is 6.42 Å². The summed E-state index contributed by atoms with van der Waals surface area (Å²) in [6, 6.07) is 1.76. The van der Waals surface area contributed by atoms with Gasteiger partial charge in [0.1, 0.15) is 11.6 Å². The average molecular weight is 250 g/mol. The van der Waals surface area contributed by atoms with Crippen molar-refractivity contribution in [2.45, 2.75) is 26.2 Å². The topological polar surface area (TPSA) is 101 Å². The number of nitrogens with one attached hydrogen (secondary N) is 2. The molecule has 0 spiro atoms. The fourth-order valence-electron chi connectivity index (χ4n) is 1.85. The van der Waals surface area contributed by atoms with Crippen molar-refractivity contribution in [2.75, 3.05) is 18.4 Å². The fraction of sp³-hybridized carbons (Fsp3) is 0.545. The number of nitrogens with zero attached hydrogens (tertiary/aromatic N) is 3. The van der Waals surface area contributed by atoms with Gasteiger partial charge in [0, 0.05) is 12.6 Å². The second-order valence-corrected chi connectivity index (χ2v) is 4.19. The third kappa shape index (κ3) is 2.67. The summed E-state index contributed by atoms with van der Waals surface area (Å²) in [5.41, 5.74) is 5.75. The van der Waals surface area contributed by atoms with Crippen LogP contribution in [0.15, 0.2) is 10.9 Å². The van der Waals surface area contributed by atoms with Crippen LogP contribution in [-0.2, 0) is 0 Å². The molecular formula is C11H18N6O. The van der Waals surface area contributed by atoms with E-state index < -0.39 is 0 Å². The molecular weight excluding hydrogens is 232 g/mol. The first-order valence-corrected chi connectivity index (χ1v) is 6.11. The van der Waals surface area contributed by atoms with Crippen LogP contribution in [0.5, 0.6) is 0 Å². The van der Waals surface area contributed by atoms with Crippen molar-refractivity contribution in [3.8, 4) is 0 Å². The van der Waals surface area contributed by atoms with E-state index in [9.17, 15) is 4.79 Å². The maximum atomic E-state index is 11.4. The van der Waals surface area contributed by atoms with Crippen LogP contribution >= 0.6 is 0 Å². The first-order valence-electron chi connectivity index (χ1n) is 6.11. The van der Waals surface area contributed by atoms with E-state index in [1.165, 1.54) is 4.40 Å². The lowest BCUT2D eigenvalue weighted by molar-refractivity contribution is 0.706. The number of nitrogens with two attached hydrogens (primary N) is 1. The number of unbranched alkanes of at least 4 members (excludes halogenated alkanes) is 2. The van der Waals surface area contributed by atoms with Gasteiger partial charge in [-0.3, -0.25) is 0 Å². The molecule has 18 heavy (non-hydrogen) atoms. The van der Waals surface area contributed by atoms with Gasteiger partial charge in [0.2, 0.25) is 0 Å². The molecule has 0 saturated carbocycles. The molecule has 0 aliphatic heterocycles. The summed E-state index contributed by atoms with van der Waals surface area (Å²) in [6.45, 7) is 3.36. The van der Waals surface area contributed by atoms with Gasteiger partial charge in [0.15, 0.2) is 5.65 Å². The highest BCUT2D eigenvalue weighted by atomic mass is 16.1. The maximum absolute atomic E-state index is 11.4. The summed E-state index contributed by atoms with van der Waals surface area (Å²) in [6.07, 6.45) is 3.20. The summed E-state index contributed by atoms with van der Waals surface area (Å²) in [5, 5.41) is 9.56. The predicted molar refractivity (Wildman–Crippen MR) is 69.7 cm³/mol. The molecule has 2 aromatic rings. The van der Waals surface area contributed by atoms with Crippen molar-refractivity contribution in [2.24, 2.45) is 5.73 Å². The van der Waals surface area contributed by atoms with Crippen molar-refractivity contribution in [1.82, 2.24) is 19.6 Å². The van der Waals surface area contributed by atoms with E-state index in [4.69, 9.17) is 5.73 Å². The minimum absolute atomic E-state index is 0.260. The Hall–Kier alpha value is -1.89. The third-order valence-electron chi connectivity index (χ3n) is 2.76. The first kappa shape index (κ1) is 12.6. The second-order valence-electron chi connectivity index (χ2n) is 4.19. The summed E-state index contributed by atoms with van der Waals surface area (Å²) in [4.78, 5) is 15.7. The highest BCUT2D eigenvalue weighted by molar-refractivity contribution is 5.49. The Morgan fingerprint density at radius 2 is 2.28 bits per heavy atom. The van der Waals surface area contributed by atoms with Gasteiger partial charge in [0.05, 0.1) is 0 Å². The Kier molecular flexibility index (Phi) is 3.93. The number of hydrogen-bond acceptors (Lipinski definition) is 5. The minimum Gasteiger partial charge on any atom is -0.370 e. The van der Waals surface area contributed by atoms with E-state index in [0.29, 0.717) is 11.5 Å². The first-order chi connectivity index (χ1) is 8.72. The number of H-pyrrole nitrogens is 1. The van der Waals surface area contributed by atoms with Crippen molar-refractivity contribution >= 4 is 11.5 Å². The van der Waals surface area contributed by atoms with Crippen molar-refractivity contribution in [1.29, 1.82) is 0 Å². The van der Waals surface area contributed by atoms with Crippen LogP contribution < -0.4 is 16.7 Å². The monoisotopic (exact) mass is 250 g/mol. The van der Waals surface area contributed by atoms with E-state index in [1.807, 2.05) is 0 Å². The molecule has 0 unspecified atom stereocenters. The highest BCUT2D eigenvalue weighted by Gasteiger charge is 2.06. The third-order valence-corrected chi connectivity index (χ3v) is 2.76. The van der Waals surface area contributed by atoms with Crippen LogP contribution in [-0.4, -0.2) is 32.7 Å². The van der Waals surface area contributed by atoms with Gasteiger partial charge in [-0.15, -0.1) is 0 Å². The maximum Gasteiger partial charge on any atom is 0.349 e. The standard InChI is InChI=1S/C11H18N6O/c1-8-14-9(13-6-4-2-3-5-12)7-10-15-16-11(18)17(8)10/h7,13H,2-6,12H2,1H3,(H,16,18). The van der Waals surface area contributed by atoms with Gasteiger partial charge in [-0.2, -0.15) is 5.10 Å². The molecule has 4 N–H and O–H groups in total. The SMILES string of the molecule is Cc1nc(NCCCCCN)cc2n[nH]c(=O)n12. The number of rotatable bonds is 6.